The first-order valence-electron chi connectivity index (χ1n) is 7.06. The normalized spacial score (nSPS) is 11.7. The molecule has 0 atom stereocenters. The number of fused-ring (bicyclic) bond motifs is 1. The van der Waals surface area contributed by atoms with Gasteiger partial charge in [-0.3, -0.25) is 4.72 Å². The fourth-order valence-electron chi connectivity index (χ4n) is 2.17. The number of benzene rings is 2. The number of aromatic nitrogens is 1. The molecule has 4 nitrogen and oxygen atoms in total. The van der Waals surface area contributed by atoms with Crippen LogP contribution in [0.5, 0.6) is 0 Å². The Bertz CT molecular complexity index is 887. The van der Waals surface area contributed by atoms with Crippen molar-refractivity contribution in [1.29, 1.82) is 0 Å². The average molecular weight is 332 g/mol. The summed E-state index contributed by atoms with van der Waals surface area (Å²) in [5.41, 5.74) is 1.47. The number of nitrogens with one attached hydrogen (secondary N) is 1. The van der Waals surface area contributed by atoms with E-state index in [1.54, 1.807) is 47.7 Å². The Balaban J connectivity index is 1.90. The number of anilines is 1. The second kappa shape index (κ2) is 6.06. The van der Waals surface area contributed by atoms with E-state index in [0.29, 0.717) is 5.69 Å². The first-order chi connectivity index (χ1) is 10.6. The fraction of sp³-hybridized carbons (Fsp3) is 0.188. The molecule has 2 aromatic carbocycles. The molecule has 1 heterocycles. The van der Waals surface area contributed by atoms with Gasteiger partial charge in [0.25, 0.3) is 10.0 Å². The van der Waals surface area contributed by atoms with Gasteiger partial charge in [-0.25, -0.2) is 13.4 Å². The molecule has 0 aliphatic heterocycles. The maximum atomic E-state index is 12.3. The first kappa shape index (κ1) is 15.0. The zero-order valence-electron chi connectivity index (χ0n) is 12.1. The molecule has 0 fully saturated rings. The van der Waals surface area contributed by atoms with Gasteiger partial charge in [-0.1, -0.05) is 25.1 Å². The molecule has 0 aliphatic carbocycles. The van der Waals surface area contributed by atoms with Gasteiger partial charge in [-0.05, 0) is 43.2 Å². The summed E-state index contributed by atoms with van der Waals surface area (Å²) in [7, 11) is -3.55. The molecule has 3 aromatic rings. The van der Waals surface area contributed by atoms with Crippen molar-refractivity contribution >= 4 is 37.3 Å². The van der Waals surface area contributed by atoms with E-state index >= 15 is 0 Å². The van der Waals surface area contributed by atoms with Crippen LogP contribution < -0.4 is 4.72 Å². The van der Waals surface area contributed by atoms with Gasteiger partial charge in [-0.15, -0.1) is 11.3 Å². The zero-order valence-corrected chi connectivity index (χ0v) is 13.7. The number of thiazole rings is 1. The molecule has 0 saturated carbocycles. The van der Waals surface area contributed by atoms with Crippen molar-refractivity contribution in [2.75, 3.05) is 4.72 Å². The van der Waals surface area contributed by atoms with Crippen LogP contribution >= 0.6 is 11.3 Å². The van der Waals surface area contributed by atoms with Crippen molar-refractivity contribution in [3.63, 3.8) is 0 Å². The van der Waals surface area contributed by atoms with Crippen LogP contribution in [-0.2, 0) is 16.4 Å². The third-order valence-corrected chi connectivity index (χ3v) is 5.68. The number of hydrogen-bond acceptors (Lipinski definition) is 4. The molecule has 0 spiro atoms. The highest BCUT2D eigenvalue weighted by molar-refractivity contribution is 7.92. The number of aryl methyl sites for hydroxylation is 1. The lowest BCUT2D eigenvalue weighted by Crippen LogP contribution is -2.12. The lowest BCUT2D eigenvalue weighted by atomic mass is 10.3. The molecular weight excluding hydrogens is 316 g/mol. The summed E-state index contributed by atoms with van der Waals surface area (Å²) in [4.78, 5) is 4.80. The van der Waals surface area contributed by atoms with Crippen molar-refractivity contribution in [2.24, 2.45) is 0 Å². The van der Waals surface area contributed by atoms with Crippen molar-refractivity contribution in [3.8, 4) is 0 Å². The Morgan fingerprint density at radius 2 is 1.91 bits per heavy atom. The van der Waals surface area contributed by atoms with E-state index in [1.165, 1.54) is 0 Å². The van der Waals surface area contributed by atoms with E-state index in [9.17, 15) is 8.42 Å². The number of rotatable bonds is 5. The smallest absolute Gasteiger partial charge is 0.261 e. The highest BCUT2D eigenvalue weighted by atomic mass is 32.2. The van der Waals surface area contributed by atoms with Crippen LogP contribution in [0.2, 0.25) is 0 Å². The zero-order chi connectivity index (χ0) is 15.6. The van der Waals surface area contributed by atoms with Crippen LogP contribution in [0.3, 0.4) is 0 Å². The Morgan fingerprint density at radius 3 is 2.64 bits per heavy atom. The lowest BCUT2D eigenvalue weighted by molar-refractivity contribution is 0.601. The summed E-state index contributed by atoms with van der Waals surface area (Å²) in [5.74, 6) is 0. The molecule has 0 bridgehead atoms. The molecule has 1 N–H and O–H groups in total. The monoisotopic (exact) mass is 332 g/mol. The Labute approximate surface area is 133 Å². The Hall–Kier alpha value is -1.92. The molecule has 3 rings (SSSR count). The molecule has 0 unspecified atom stereocenters. The largest absolute Gasteiger partial charge is 0.280 e. The third-order valence-electron chi connectivity index (χ3n) is 3.20. The van der Waals surface area contributed by atoms with Gasteiger partial charge in [-0.2, -0.15) is 0 Å². The summed E-state index contributed by atoms with van der Waals surface area (Å²) < 4.78 is 28.3. The summed E-state index contributed by atoms with van der Waals surface area (Å²) in [6.45, 7) is 2.12. The van der Waals surface area contributed by atoms with Crippen molar-refractivity contribution in [1.82, 2.24) is 4.98 Å². The summed E-state index contributed by atoms with van der Waals surface area (Å²) in [6, 6.07) is 13.8. The first-order valence-corrected chi connectivity index (χ1v) is 9.36. The predicted octanol–water partition coefficient (Wildman–Crippen LogP) is 4.05. The Kier molecular flexibility index (Phi) is 4.13. The van der Waals surface area contributed by atoms with Gasteiger partial charge in [0.1, 0.15) is 0 Å². The topological polar surface area (TPSA) is 59.1 Å². The highest BCUT2D eigenvalue weighted by Crippen LogP contribution is 2.27. The second-order valence-electron chi connectivity index (χ2n) is 4.96. The molecule has 114 valence electrons. The molecule has 6 heteroatoms. The maximum Gasteiger partial charge on any atom is 0.261 e. The number of sulfonamides is 1. The van der Waals surface area contributed by atoms with Crippen LogP contribution in [0.15, 0.2) is 53.4 Å². The fourth-order valence-corrected chi connectivity index (χ4v) is 4.35. The van der Waals surface area contributed by atoms with Gasteiger partial charge in [0.15, 0.2) is 0 Å². The quantitative estimate of drug-likeness (QED) is 0.767. The maximum absolute atomic E-state index is 12.3. The van der Waals surface area contributed by atoms with Crippen molar-refractivity contribution in [3.05, 3.63) is 53.5 Å². The van der Waals surface area contributed by atoms with E-state index in [2.05, 4.69) is 16.6 Å². The standard InChI is InChI=1S/C16H16N2O2S2/c1-2-6-16-17-14-10-9-12(11-15(14)21-16)18-22(19,20)13-7-4-3-5-8-13/h3-5,7-11,18H,2,6H2,1H3. The predicted molar refractivity (Wildman–Crippen MR) is 90.9 cm³/mol. The molecule has 0 aliphatic rings. The van der Waals surface area contributed by atoms with Crippen LogP contribution in [0.4, 0.5) is 5.69 Å². The van der Waals surface area contributed by atoms with Gasteiger partial charge >= 0.3 is 0 Å². The van der Waals surface area contributed by atoms with Crippen LogP contribution in [-0.4, -0.2) is 13.4 Å². The van der Waals surface area contributed by atoms with Crippen LogP contribution in [0.25, 0.3) is 10.2 Å². The molecule has 22 heavy (non-hydrogen) atoms. The second-order valence-corrected chi connectivity index (χ2v) is 7.76. The molecular formula is C16H16N2O2S2. The van der Waals surface area contributed by atoms with E-state index in [1.807, 2.05) is 12.1 Å². The third kappa shape index (κ3) is 3.13. The Morgan fingerprint density at radius 1 is 1.14 bits per heavy atom. The molecule has 0 radical (unpaired) electrons. The number of nitrogens with zero attached hydrogens (tertiary/aromatic N) is 1. The van der Waals surface area contributed by atoms with Crippen LogP contribution in [0.1, 0.15) is 18.4 Å². The average Bonchev–Trinajstić information content (AvgIpc) is 2.90. The van der Waals surface area contributed by atoms with Gasteiger partial charge < -0.3 is 0 Å². The van der Waals surface area contributed by atoms with E-state index in [-0.39, 0.29) is 4.90 Å². The molecule has 0 amide bonds. The summed E-state index contributed by atoms with van der Waals surface area (Å²) in [5, 5.41) is 1.08. The summed E-state index contributed by atoms with van der Waals surface area (Å²) >= 11 is 1.61. The van der Waals surface area contributed by atoms with Gasteiger partial charge in [0, 0.05) is 0 Å². The molecule has 1 aromatic heterocycles. The minimum atomic E-state index is -3.55. The summed E-state index contributed by atoms with van der Waals surface area (Å²) in [6.07, 6.45) is 2.00. The van der Waals surface area contributed by atoms with E-state index in [0.717, 1.165) is 28.1 Å². The van der Waals surface area contributed by atoms with Crippen molar-refractivity contribution < 1.29 is 8.42 Å². The molecule has 0 saturated heterocycles. The minimum absolute atomic E-state index is 0.256. The minimum Gasteiger partial charge on any atom is -0.280 e. The van der Waals surface area contributed by atoms with E-state index in [4.69, 9.17) is 0 Å². The van der Waals surface area contributed by atoms with E-state index < -0.39 is 10.0 Å². The highest BCUT2D eigenvalue weighted by Gasteiger charge is 2.14. The van der Waals surface area contributed by atoms with Crippen molar-refractivity contribution in [2.45, 2.75) is 24.7 Å². The van der Waals surface area contributed by atoms with Crippen LogP contribution in [0, 0.1) is 0 Å². The number of hydrogen-bond donors (Lipinski definition) is 1. The SMILES string of the molecule is CCCc1nc2ccc(NS(=O)(=O)c3ccccc3)cc2s1. The van der Waals surface area contributed by atoms with Gasteiger partial charge in [0.2, 0.25) is 0 Å². The van der Waals surface area contributed by atoms with Gasteiger partial charge in [0.05, 0.1) is 25.8 Å². The lowest BCUT2D eigenvalue weighted by Gasteiger charge is -2.07.